The van der Waals surface area contributed by atoms with Crippen molar-refractivity contribution in [1.82, 2.24) is 9.55 Å². The summed E-state index contributed by atoms with van der Waals surface area (Å²) in [5, 5.41) is 6.44. The number of nitrogens with zero attached hydrogens (tertiary/aromatic N) is 2. The fourth-order valence-electron chi connectivity index (χ4n) is 4.62. The first-order chi connectivity index (χ1) is 17.0. The summed E-state index contributed by atoms with van der Waals surface area (Å²) in [5.74, 6) is 1.80. The second-order valence-electron chi connectivity index (χ2n) is 8.47. The molecule has 1 atom stereocenters. The van der Waals surface area contributed by atoms with Crippen molar-refractivity contribution in [1.29, 1.82) is 0 Å². The highest BCUT2D eigenvalue weighted by atomic mass is 16.5. The van der Waals surface area contributed by atoms with Crippen LogP contribution in [0, 0.1) is 0 Å². The monoisotopic (exact) mass is 468 g/mol. The van der Waals surface area contributed by atoms with Crippen LogP contribution in [-0.2, 0) is 11.2 Å². The molecule has 1 aliphatic heterocycles. The number of hydrogen-bond acceptors (Lipinski definition) is 5. The van der Waals surface area contributed by atoms with Crippen molar-refractivity contribution in [2.24, 2.45) is 0 Å². The Morgan fingerprint density at radius 1 is 1.06 bits per heavy atom. The van der Waals surface area contributed by atoms with Crippen molar-refractivity contribution in [2.45, 2.75) is 26.3 Å². The third-order valence-corrected chi connectivity index (χ3v) is 6.43. The molecule has 1 aliphatic rings. The van der Waals surface area contributed by atoms with Gasteiger partial charge in [-0.15, -0.1) is 0 Å². The minimum Gasteiger partial charge on any atom is -0.497 e. The lowest BCUT2D eigenvalue weighted by atomic mass is 9.93. The van der Waals surface area contributed by atoms with E-state index in [1.54, 1.807) is 14.2 Å². The Kier molecular flexibility index (Phi) is 5.91. The normalized spacial score (nSPS) is 14.9. The number of fused-ring (bicyclic) bond motifs is 3. The third-order valence-electron chi connectivity index (χ3n) is 6.43. The average Bonchev–Trinajstić information content (AvgIpc) is 3.25. The molecule has 1 amide bonds. The molecule has 1 aromatic heterocycles. The smallest absolute Gasteiger partial charge is 0.255 e. The number of nitrogens with one attached hydrogen (secondary N) is 2. The van der Waals surface area contributed by atoms with Crippen LogP contribution in [0.15, 0.2) is 78.0 Å². The van der Waals surface area contributed by atoms with Gasteiger partial charge in [-0.2, -0.15) is 0 Å². The van der Waals surface area contributed by atoms with Gasteiger partial charge >= 0.3 is 0 Å². The van der Waals surface area contributed by atoms with Gasteiger partial charge in [0, 0.05) is 23.0 Å². The Morgan fingerprint density at radius 3 is 2.54 bits per heavy atom. The van der Waals surface area contributed by atoms with Gasteiger partial charge in [-0.1, -0.05) is 31.2 Å². The maximum atomic E-state index is 13.8. The van der Waals surface area contributed by atoms with Crippen LogP contribution in [0.5, 0.6) is 11.5 Å². The lowest BCUT2D eigenvalue weighted by molar-refractivity contribution is -0.113. The molecule has 0 fully saturated rings. The average molecular weight is 469 g/mol. The van der Waals surface area contributed by atoms with Gasteiger partial charge in [0.2, 0.25) is 5.95 Å². The summed E-state index contributed by atoms with van der Waals surface area (Å²) in [6.07, 6.45) is 0.943. The van der Waals surface area contributed by atoms with Crippen molar-refractivity contribution in [2.75, 3.05) is 24.9 Å². The topological polar surface area (TPSA) is 77.4 Å². The molecule has 3 aromatic carbocycles. The molecule has 0 bridgehead atoms. The first-order valence-corrected chi connectivity index (χ1v) is 11.6. The van der Waals surface area contributed by atoms with E-state index in [9.17, 15) is 4.79 Å². The molecule has 0 saturated heterocycles. The minimum atomic E-state index is -0.463. The molecule has 0 spiro atoms. The fourth-order valence-corrected chi connectivity index (χ4v) is 4.62. The maximum absolute atomic E-state index is 13.8. The molecular weight excluding hydrogens is 440 g/mol. The lowest BCUT2D eigenvalue weighted by Crippen LogP contribution is -2.31. The van der Waals surface area contributed by atoms with Gasteiger partial charge < -0.3 is 20.1 Å². The van der Waals surface area contributed by atoms with E-state index in [1.165, 1.54) is 5.56 Å². The van der Waals surface area contributed by atoms with Crippen molar-refractivity contribution >= 4 is 28.6 Å². The Hall–Kier alpha value is -4.26. The summed E-state index contributed by atoms with van der Waals surface area (Å²) < 4.78 is 13.2. The number of allylic oxidation sites excluding steroid dienone is 1. The molecule has 7 nitrogen and oxygen atoms in total. The first kappa shape index (κ1) is 22.5. The van der Waals surface area contributed by atoms with E-state index in [-0.39, 0.29) is 5.91 Å². The number of ether oxygens (including phenoxy) is 2. The van der Waals surface area contributed by atoms with Gasteiger partial charge in [-0.25, -0.2) is 4.98 Å². The van der Waals surface area contributed by atoms with Gasteiger partial charge in [0.05, 0.1) is 36.9 Å². The van der Waals surface area contributed by atoms with Crippen molar-refractivity contribution in [3.8, 4) is 11.5 Å². The Bertz CT molecular complexity index is 1440. The van der Waals surface area contributed by atoms with Crippen molar-refractivity contribution < 1.29 is 14.3 Å². The second kappa shape index (κ2) is 9.18. The SMILES string of the molecule is CCc1ccc(NC(=O)C2=C(C)Nc3nc4ccccc4n3[C@@H]2c2ccc(OC)cc2OC)cc1. The number of aryl methyl sites for hydroxylation is 1. The van der Waals surface area contributed by atoms with Crippen LogP contribution in [0.25, 0.3) is 11.0 Å². The summed E-state index contributed by atoms with van der Waals surface area (Å²) in [4.78, 5) is 18.6. The predicted molar refractivity (Wildman–Crippen MR) is 138 cm³/mol. The number of rotatable bonds is 6. The zero-order valence-corrected chi connectivity index (χ0v) is 20.3. The molecule has 2 heterocycles. The van der Waals surface area contributed by atoms with Crippen molar-refractivity contribution in [3.05, 3.63) is 89.1 Å². The predicted octanol–water partition coefficient (Wildman–Crippen LogP) is 5.54. The van der Waals surface area contributed by atoms with E-state index in [2.05, 4.69) is 22.1 Å². The summed E-state index contributed by atoms with van der Waals surface area (Å²) in [5.41, 5.74) is 5.88. The van der Waals surface area contributed by atoms with Crippen LogP contribution in [0.4, 0.5) is 11.6 Å². The fraction of sp³-hybridized carbons (Fsp3) is 0.214. The molecule has 4 aromatic rings. The molecule has 0 radical (unpaired) electrons. The molecule has 5 rings (SSSR count). The zero-order valence-electron chi connectivity index (χ0n) is 20.3. The van der Waals surface area contributed by atoms with E-state index < -0.39 is 6.04 Å². The number of carbonyl (C=O) groups excluding carboxylic acids is 1. The molecule has 35 heavy (non-hydrogen) atoms. The van der Waals surface area contributed by atoms with E-state index in [1.807, 2.05) is 73.7 Å². The summed E-state index contributed by atoms with van der Waals surface area (Å²) >= 11 is 0. The van der Waals surface area contributed by atoms with Crippen LogP contribution in [0.2, 0.25) is 0 Å². The summed E-state index contributed by atoms with van der Waals surface area (Å²) in [7, 11) is 3.24. The number of benzene rings is 3. The quantitative estimate of drug-likeness (QED) is 0.388. The zero-order chi connectivity index (χ0) is 24.5. The van der Waals surface area contributed by atoms with Gasteiger partial charge in [0.25, 0.3) is 5.91 Å². The number of carbonyl (C=O) groups is 1. The molecule has 2 N–H and O–H groups in total. The molecular formula is C28H28N4O3. The van der Waals surface area contributed by atoms with Gasteiger partial charge in [-0.3, -0.25) is 9.36 Å². The van der Waals surface area contributed by atoms with Crippen molar-refractivity contribution in [3.63, 3.8) is 0 Å². The Balaban J connectivity index is 1.66. The van der Waals surface area contributed by atoms with Crippen LogP contribution < -0.4 is 20.1 Å². The Labute approximate surface area is 204 Å². The maximum Gasteiger partial charge on any atom is 0.255 e. The third kappa shape index (κ3) is 3.99. The van der Waals surface area contributed by atoms with E-state index >= 15 is 0 Å². The number of hydrogen-bond donors (Lipinski definition) is 2. The number of amides is 1. The molecule has 0 saturated carbocycles. The minimum absolute atomic E-state index is 0.189. The largest absolute Gasteiger partial charge is 0.497 e. The number of methoxy groups -OCH3 is 2. The highest BCUT2D eigenvalue weighted by Gasteiger charge is 2.35. The van der Waals surface area contributed by atoms with Crippen LogP contribution in [0.1, 0.15) is 31.0 Å². The molecule has 178 valence electrons. The molecule has 0 aliphatic carbocycles. The molecule has 7 heteroatoms. The molecule has 0 unspecified atom stereocenters. The number of para-hydroxylation sites is 2. The van der Waals surface area contributed by atoms with Crippen LogP contribution in [-0.4, -0.2) is 29.7 Å². The number of anilines is 2. The highest BCUT2D eigenvalue weighted by molar-refractivity contribution is 6.06. The second-order valence-corrected chi connectivity index (χ2v) is 8.47. The van der Waals surface area contributed by atoms with Gasteiger partial charge in [0.15, 0.2) is 0 Å². The highest BCUT2D eigenvalue weighted by Crippen LogP contribution is 2.43. The van der Waals surface area contributed by atoms with Crippen LogP contribution in [0.3, 0.4) is 0 Å². The number of imidazole rings is 1. The van der Waals surface area contributed by atoms with E-state index in [0.717, 1.165) is 34.4 Å². The van der Waals surface area contributed by atoms with Gasteiger partial charge in [0.1, 0.15) is 11.5 Å². The van der Waals surface area contributed by atoms with E-state index in [4.69, 9.17) is 14.5 Å². The Morgan fingerprint density at radius 2 is 1.83 bits per heavy atom. The standard InChI is InChI=1S/C28H28N4O3/c1-5-18-10-12-19(13-11-18)30-27(33)25-17(2)29-28-31-22-8-6-7-9-23(22)32(28)26(25)21-15-14-20(34-3)16-24(21)35-4/h6-16,26H,5H2,1-4H3,(H,29,31)(H,30,33)/t26-/m1/s1. The van der Waals surface area contributed by atoms with E-state index in [0.29, 0.717) is 23.0 Å². The first-order valence-electron chi connectivity index (χ1n) is 11.6. The lowest BCUT2D eigenvalue weighted by Gasteiger charge is -2.31. The van der Waals surface area contributed by atoms with Crippen LogP contribution >= 0.6 is 0 Å². The number of aromatic nitrogens is 2. The van der Waals surface area contributed by atoms with Gasteiger partial charge in [-0.05, 0) is 55.3 Å². The summed E-state index contributed by atoms with van der Waals surface area (Å²) in [6.45, 7) is 4.01. The summed E-state index contributed by atoms with van der Waals surface area (Å²) in [6, 6.07) is 21.0.